The van der Waals surface area contributed by atoms with Crippen molar-refractivity contribution in [3.05, 3.63) is 83.6 Å². The van der Waals surface area contributed by atoms with E-state index in [1.54, 1.807) is 30.7 Å². The Morgan fingerprint density at radius 1 is 1.03 bits per heavy atom. The van der Waals surface area contributed by atoms with Crippen LogP contribution in [0.25, 0.3) is 22.7 Å². The summed E-state index contributed by atoms with van der Waals surface area (Å²) in [5.74, 6) is -0.829. The smallest absolute Gasteiger partial charge is 0.321 e. The van der Waals surface area contributed by atoms with Gasteiger partial charge < -0.3 is 5.32 Å². The fourth-order valence-electron chi connectivity index (χ4n) is 3.83. The van der Waals surface area contributed by atoms with Gasteiger partial charge in [-0.05, 0) is 50.2 Å². The highest BCUT2D eigenvalue weighted by Crippen LogP contribution is 2.30. The number of hydrogen-bond donors (Lipinski definition) is 1. The van der Waals surface area contributed by atoms with Gasteiger partial charge >= 0.3 is 6.18 Å². The van der Waals surface area contributed by atoms with Crippen LogP contribution in [0.4, 0.5) is 23.2 Å². The van der Waals surface area contributed by atoms with Gasteiger partial charge in [-0.15, -0.1) is 10.2 Å². The lowest BCUT2D eigenvalue weighted by molar-refractivity contribution is -0.141. The summed E-state index contributed by atoms with van der Waals surface area (Å²) in [6.45, 7) is 3.54. The van der Waals surface area contributed by atoms with Crippen molar-refractivity contribution in [2.75, 3.05) is 5.32 Å². The molecule has 0 saturated heterocycles. The largest absolute Gasteiger partial charge is 0.433 e. The molecule has 4 heterocycles. The number of nitrogens with one attached hydrogen (secondary N) is 1. The topological polar surface area (TPSA) is 103 Å². The molecule has 1 N–H and O–H groups in total. The van der Waals surface area contributed by atoms with Gasteiger partial charge in [0.05, 0.1) is 35.0 Å². The number of fused-ring (bicyclic) bond motifs is 1. The predicted octanol–water partition coefficient (Wildman–Crippen LogP) is 4.40. The molecule has 36 heavy (non-hydrogen) atoms. The number of anilines is 1. The number of pyridine rings is 1. The first kappa shape index (κ1) is 23.1. The first-order valence-corrected chi connectivity index (χ1v) is 10.5. The standard InChI is InChI=1S/C23H16F4N8O/c1-12-20(13(2)35(33-12)16-5-3-14(24)4-6-16)21-32-31-19-11-28-10-17(34(19)21)22(36)30-15-7-8-29-18(9-15)23(25,26)27/h3-11H,1-2H3,(H,29,30,36). The summed E-state index contributed by atoms with van der Waals surface area (Å²) >= 11 is 0. The number of aromatic nitrogens is 7. The van der Waals surface area contributed by atoms with Gasteiger partial charge in [-0.3, -0.25) is 19.2 Å². The molecule has 0 radical (unpaired) electrons. The molecule has 5 aromatic rings. The molecule has 1 aromatic carbocycles. The van der Waals surface area contributed by atoms with Crippen LogP contribution in [-0.2, 0) is 6.18 Å². The van der Waals surface area contributed by atoms with Crippen molar-refractivity contribution >= 4 is 17.2 Å². The SMILES string of the molecule is Cc1nn(-c2ccc(F)cc2)c(C)c1-c1nnc2cncc(C(=O)Nc3ccnc(C(F)(F)F)c3)n12. The molecule has 1 amide bonds. The fourth-order valence-corrected chi connectivity index (χ4v) is 3.83. The third kappa shape index (κ3) is 4.04. The van der Waals surface area contributed by atoms with Crippen molar-refractivity contribution in [2.45, 2.75) is 20.0 Å². The summed E-state index contributed by atoms with van der Waals surface area (Å²) < 4.78 is 55.5. The maximum absolute atomic E-state index is 13.4. The Morgan fingerprint density at radius 3 is 2.50 bits per heavy atom. The van der Waals surface area contributed by atoms with E-state index in [9.17, 15) is 22.4 Å². The van der Waals surface area contributed by atoms with Crippen molar-refractivity contribution in [1.82, 2.24) is 34.3 Å². The summed E-state index contributed by atoms with van der Waals surface area (Å²) in [6.07, 6.45) is -1.05. The van der Waals surface area contributed by atoms with Crippen LogP contribution in [-0.4, -0.2) is 40.3 Å². The van der Waals surface area contributed by atoms with Crippen molar-refractivity contribution in [3.8, 4) is 17.1 Å². The van der Waals surface area contributed by atoms with Gasteiger partial charge in [-0.25, -0.2) is 9.07 Å². The van der Waals surface area contributed by atoms with E-state index in [0.29, 0.717) is 22.6 Å². The molecule has 0 unspecified atom stereocenters. The summed E-state index contributed by atoms with van der Waals surface area (Å²) in [5, 5.41) is 15.3. The van der Waals surface area contributed by atoms with E-state index in [-0.39, 0.29) is 28.7 Å². The Labute approximate surface area is 200 Å². The van der Waals surface area contributed by atoms with Crippen LogP contribution in [0, 0.1) is 19.7 Å². The lowest BCUT2D eigenvalue weighted by atomic mass is 10.1. The third-order valence-corrected chi connectivity index (χ3v) is 5.44. The van der Waals surface area contributed by atoms with E-state index < -0.39 is 17.8 Å². The second-order valence-electron chi connectivity index (χ2n) is 7.83. The number of amides is 1. The zero-order valence-electron chi connectivity index (χ0n) is 18.7. The molecule has 0 aliphatic carbocycles. The maximum atomic E-state index is 13.4. The van der Waals surface area contributed by atoms with Crippen molar-refractivity contribution < 1.29 is 22.4 Å². The van der Waals surface area contributed by atoms with Crippen LogP contribution >= 0.6 is 0 Å². The summed E-state index contributed by atoms with van der Waals surface area (Å²) in [6, 6.07) is 7.76. The molecule has 9 nitrogen and oxygen atoms in total. The molecule has 5 rings (SSSR count). The minimum Gasteiger partial charge on any atom is -0.321 e. The molecular formula is C23H16F4N8O. The Morgan fingerprint density at radius 2 is 1.78 bits per heavy atom. The van der Waals surface area contributed by atoms with Gasteiger partial charge in [0.15, 0.2) is 11.5 Å². The fraction of sp³-hybridized carbons (Fsp3) is 0.130. The Hall–Kier alpha value is -4.68. The number of carbonyl (C=O) groups is 1. The number of nitrogens with zero attached hydrogens (tertiary/aromatic N) is 7. The van der Waals surface area contributed by atoms with Crippen LogP contribution in [0.1, 0.15) is 27.6 Å². The first-order chi connectivity index (χ1) is 17.1. The molecule has 0 bridgehead atoms. The number of rotatable bonds is 4. The number of halogens is 4. The molecule has 13 heteroatoms. The average Bonchev–Trinajstić information content (AvgIpc) is 3.39. The van der Waals surface area contributed by atoms with Gasteiger partial charge in [0, 0.05) is 11.9 Å². The molecule has 182 valence electrons. The van der Waals surface area contributed by atoms with Gasteiger partial charge in [-0.2, -0.15) is 18.3 Å². The molecule has 0 fully saturated rings. The first-order valence-electron chi connectivity index (χ1n) is 10.5. The lowest BCUT2D eigenvalue weighted by Gasteiger charge is -2.11. The van der Waals surface area contributed by atoms with Crippen LogP contribution < -0.4 is 5.32 Å². The van der Waals surface area contributed by atoms with E-state index in [2.05, 4.69) is 30.6 Å². The van der Waals surface area contributed by atoms with Gasteiger partial charge in [0.25, 0.3) is 5.91 Å². The number of hydrogen-bond acceptors (Lipinski definition) is 6. The number of aryl methyl sites for hydroxylation is 1. The summed E-state index contributed by atoms with van der Waals surface area (Å²) in [4.78, 5) is 20.4. The molecule has 0 spiro atoms. The molecule has 0 saturated carbocycles. The molecule has 0 aliphatic heterocycles. The van der Waals surface area contributed by atoms with Crippen LogP contribution in [0.3, 0.4) is 0 Å². The number of alkyl halides is 3. The second kappa shape index (κ2) is 8.52. The second-order valence-corrected chi connectivity index (χ2v) is 7.83. The van der Waals surface area contributed by atoms with Gasteiger partial charge in [0.1, 0.15) is 17.2 Å². The predicted molar refractivity (Wildman–Crippen MR) is 120 cm³/mol. The molecular weight excluding hydrogens is 480 g/mol. The van der Waals surface area contributed by atoms with E-state index in [1.807, 2.05) is 0 Å². The summed E-state index contributed by atoms with van der Waals surface area (Å²) in [5.41, 5.74) is 1.43. The van der Waals surface area contributed by atoms with Crippen LogP contribution in [0.15, 0.2) is 55.0 Å². The van der Waals surface area contributed by atoms with Crippen molar-refractivity contribution in [1.29, 1.82) is 0 Å². The van der Waals surface area contributed by atoms with Gasteiger partial charge in [0.2, 0.25) is 0 Å². The van der Waals surface area contributed by atoms with Crippen LogP contribution in [0.5, 0.6) is 0 Å². The third-order valence-electron chi connectivity index (χ3n) is 5.44. The highest BCUT2D eigenvalue weighted by atomic mass is 19.4. The maximum Gasteiger partial charge on any atom is 0.433 e. The quantitative estimate of drug-likeness (QED) is 0.370. The van der Waals surface area contributed by atoms with Crippen molar-refractivity contribution in [2.24, 2.45) is 0 Å². The Kier molecular flexibility index (Phi) is 5.46. The lowest BCUT2D eigenvalue weighted by Crippen LogP contribution is -2.18. The molecule has 0 atom stereocenters. The van der Waals surface area contributed by atoms with E-state index in [4.69, 9.17) is 0 Å². The highest BCUT2D eigenvalue weighted by molar-refractivity contribution is 6.03. The van der Waals surface area contributed by atoms with E-state index in [0.717, 1.165) is 12.3 Å². The number of benzene rings is 1. The van der Waals surface area contributed by atoms with Crippen molar-refractivity contribution in [3.63, 3.8) is 0 Å². The van der Waals surface area contributed by atoms with Gasteiger partial charge in [-0.1, -0.05) is 0 Å². The Balaban J connectivity index is 1.58. The minimum absolute atomic E-state index is 0.00815. The Bertz CT molecular complexity index is 1610. The zero-order valence-corrected chi connectivity index (χ0v) is 18.7. The van der Waals surface area contributed by atoms with E-state index in [1.165, 1.54) is 35.0 Å². The highest BCUT2D eigenvalue weighted by Gasteiger charge is 2.32. The van der Waals surface area contributed by atoms with E-state index >= 15 is 0 Å². The normalized spacial score (nSPS) is 11.7. The molecule has 0 aliphatic rings. The average molecular weight is 496 g/mol. The van der Waals surface area contributed by atoms with Crippen LogP contribution in [0.2, 0.25) is 0 Å². The molecule has 4 aromatic heterocycles. The monoisotopic (exact) mass is 496 g/mol. The number of carbonyl (C=O) groups excluding carboxylic acids is 1. The minimum atomic E-state index is -4.66. The zero-order chi connectivity index (χ0) is 25.6. The summed E-state index contributed by atoms with van der Waals surface area (Å²) in [7, 11) is 0.